The quantitative estimate of drug-likeness (QED) is 0.814. The Balaban J connectivity index is 1.75. The highest BCUT2D eigenvalue weighted by atomic mass is 35.5. The number of hydrogen-bond acceptors (Lipinski definition) is 3. The van der Waals surface area contributed by atoms with Gasteiger partial charge in [0.25, 0.3) is 0 Å². The van der Waals surface area contributed by atoms with Crippen LogP contribution in [-0.2, 0) is 0 Å². The molecule has 3 nitrogen and oxygen atoms in total. The molecule has 0 aliphatic rings. The van der Waals surface area contributed by atoms with E-state index in [1.54, 1.807) is 18.2 Å². The van der Waals surface area contributed by atoms with Gasteiger partial charge in [-0.3, -0.25) is 0 Å². The highest BCUT2D eigenvalue weighted by Crippen LogP contribution is 2.22. The molecule has 0 heterocycles. The van der Waals surface area contributed by atoms with E-state index in [9.17, 15) is 0 Å². The minimum Gasteiger partial charge on any atom is -0.494 e. The van der Waals surface area contributed by atoms with Crippen LogP contribution in [0.2, 0.25) is 5.02 Å². The standard InChI is InChI=1S/C16H15ClN2O/c17-15-8-7-13(12-18)11-16(15)19-9-4-10-20-14-5-2-1-3-6-14/h1-3,5-8,11,19H,4,9-10H2. The van der Waals surface area contributed by atoms with Crippen LogP contribution in [0.25, 0.3) is 0 Å². The van der Waals surface area contributed by atoms with Gasteiger partial charge in [-0.25, -0.2) is 0 Å². The Morgan fingerprint density at radius 3 is 2.70 bits per heavy atom. The highest BCUT2D eigenvalue weighted by Gasteiger charge is 2.01. The maximum Gasteiger partial charge on any atom is 0.119 e. The van der Waals surface area contributed by atoms with Crippen LogP contribution in [0.5, 0.6) is 5.75 Å². The second-order valence-corrected chi connectivity index (χ2v) is 4.66. The van der Waals surface area contributed by atoms with Crippen LogP contribution in [0, 0.1) is 11.3 Å². The molecule has 2 aromatic carbocycles. The Morgan fingerprint density at radius 2 is 1.95 bits per heavy atom. The van der Waals surface area contributed by atoms with Crippen LogP contribution in [0.1, 0.15) is 12.0 Å². The topological polar surface area (TPSA) is 45.0 Å². The van der Waals surface area contributed by atoms with E-state index in [1.807, 2.05) is 30.3 Å². The summed E-state index contributed by atoms with van der Waals surface area (Å²) in [6.45, 7) is 1.37. The van der Waals surface area contributed by atoms with E-state index in [1.165, 1.54) is 0 Å². The zero-order valence-corrected chi connectivity index (χ0v) is 11.7. The number of nitrogens with zero attached hydrogens (tertiary/aromatic N) is 1. The van der Waals surface area contributed by atoms with E-state index < -0.39 is 0 Å². The molecule has 4 heteroatoms. The fourth-order valence-electron chi connectivity index (χ4n) is 1.73. The average Bonchev–Trinajstić information content (AvgIpc) is 2.50. The summed E-state index contributed by atoms with van der Waals surface area (Å²) in [7, 11) is 0. The van der Waals surface area contributed by atoms with Crippen LogP contribution < -0.4 is 10.1 Å². The van der Waals surface area contributed by atoms with Crippen molar-refractivity contribution >= 4 is 17.3 Å². The van der Waals surface area contributed by atoms with Crippen molar-refractivity contribution in [2.75, 3.05) is 18.5 Å². The van der Waals surface area contributed by atoms with E-state index in [0.29, 0.717) is 17.2 Å². The molecule has 0 saturated carbocycles. The number of para-hydroxylation sites is 1. The van der Waals surface area contributed by atoms with Gasteiger partial charge in [-0.2, -0.15) is 5.26 Å². The van der Waals surface area contributed by atoms with Crippen molar-refractivity contribution in [2.45, 2.75) is 6.42 Å². The second-order valence-electron chi connectivity index (χ2n) is 4.25. The molecule has 2 rings (SSSR count). The largest absolute Gasteiger partial charge is 0.494 e. The van der Waals surface area contributed by atoms with Crippen molar-refractivity contribution in [3.8, 4) is 11.8 Å². The molecule has 0 amide bonds. The highest BCUT2D eigenvalue weighted by molar-refractivity contribution is 6.33. The van der Waals surface area contributed by atoms with Crippen molar-refractivity contribution in [2.24, 2.45) is 0 Å². The number of rotatable bonds is 6. The SMILES string of the molecule is N#Cc1ccc(Cl)c(NCCCOc2ccccc2)c1. The summed E-state index contributed by atoms with van der Waals surface area (Å²) in [5.74, 6) is 0.872. The first-order chi connectivity index (χ1) is 9.79. The molecule has 20 heavy (non-hydrogen) atoms. The number of nitrogens with one attached hydrogen (secondary N) is 1. The van der Waals surface area contributed by atoms with Crippen molar-refractivity contribution < 1.29 is 4.74 Å². The third-order valence-electron chi connectivity index (χ3n) is 2.74. The maximum absolute atomic E-state index is 8.85. The van der Waals surface area contributed by atoms with Crippen molar-refractivity contribution in [1.82, 2.24) is 0 Å². The van der Waals surface area contributed by atoms with Crippen molar-refractivity contribution in [3.05, 3.63) is 59.1 Å². The molecule has 1 N–H and O–H groups in total. The van der Waals surface area contributed by atoms with Crippen LogP contribution in [0.15, 0.2) is 48.5 Å². The molecule has 0 aromatic heterocycles. The Morgan fingerprint density at radius 1 is 1.15 bits per heavy atom. The van der Waals surface area contributed by atoms with Crippen LogP contribution in [0.3, 0.4) is 0 Å². The number of nitriles is 1. The zero-order valence-electron chi connectivity index (χ0n) is 11.0. The van der Waals surface area contributed by atoms with Gasteiger partial charge in [0.2, 0.25) is 0 Å². The molecule has 0 fully saturated rings. The van der Waals surface area contributed by atoms with Crippen molar-refractivity contribution in [3.63, 3.8) is 0 Å². The van der Waals surface area contributed by atoms with E-state index in [4.69, 9.17) is 21.6 Å². The summed E-state index contributed by atoms with van der Waals surface area (Å²) in [4.78, 5) is 0. The zero-order chi connectivity index (χ0) is 14.2. The van der Waals surface area contributed by atoms with Gasteiger partial charge in [-0.05, 0) is 36.8 Å². The van der Waals surface area contributed by atoms with Gasteiger partial charge in [-0.1, -0.05) is 29.8 Å². The molecule has 0 bridgehead atoms. The molecular formula is C16H15ClN2O. The first-order valence-corrected chi connectivity index (χ1v) is 6.79. The van der Waals surface area contributed by atoms with Gasteiger partial charge < -0.3 is 10.1 Å². The van der Waals surface area contributed by atoms with E-state index in [2.05, 4.69) is 11.4 Å². The first kappa shape index (κ1) is 14.2. The lowest BCUT2D eigenvalue weighted by Crippen LogP contribution is -2.07. The van der Waals surface area contributed by atoms with Gasteiger partial charge in [0, 0.05) is 6.54 Å². The minimum atomic E-state index is 0.595. The number of ether oxygens (including phenoxy) is 1. The smallest absolute Gasteiger partial charge is 0.119 e. The van der Waals surface area contributed by atoms with Crippen LogP contribution >= 0.6 is 11.6 Å². The van der Waals surface area contributed by atoms with Crippen molar-refractivity contribution in [1.29, 1.82) is 5.26 Å². The molecule has 0 radical (unpaired) electrons. The minimum absolute atomic E-state index is 0.595. The van der Waals surface area contributed by atoms with Crippen LogP contribution in [-0.4, -0.2) is 13.2 Å². The van der Waals surface area contributed by atoms with E-state index in [-0.39, 0.29) is 0 Å². The average molecular weight is 287 g/mol. The molecule has 0 aliphatic heterocycles. The molecule has 0 spiro atoms. The van der Waals surface area contributed by atoms with Gasteiger partial charge in [0.05, 0.1) is 28.9 Å². The first-order valence-electron chi connectivity index (χ1n) is 6.41. The Bertz CT molecular complexity index is 593. The van der Waals surface area contributed by atoms with Crippen LogP contribution in [0.4, 0.5) is 5.69 Å². The monoisotopic (exact) mass is 286 g/mol. The predicted octanol–water partition coefficient (Wildman–Crippen LogP) is 4.09. The summed E-state index contributed by atoms with van der Waals surface area (Å²) < 4.78 is 5.59. The Labute approximate surface area is 123 Å². The predicted molar refractivity (Wildman–Crippen MR) is 81.2 cm³/mol. The summed E-state index contributed by atoms with van der Waals surface area (Å²) in [6.07, 6.45) is 0.849. The summed E-state index contributed by atoms with van der Waals surface area (Å²) >= 11 is 6.06. The van der Waals surface area contributed by atoms with Gasteiger partial charge in [-0.15, -0.1) is 0 Å². The lowest BCUT2D eigenvalue weighted by Gasteiger charge is -2.09. The number of halogens is 1. The lowest BCUT2D eigenvalue weighted by atomic mass is 10.2. The normalized spacial score (nSPS) is 9.80. The Hall–Kier alpha value is -2.18. The summed E-state index contributed by atoms with van der Waals surface area (Å²) in [5, 5.41) is 12.7. The van der Waals surface area contributed by atoms with Gasteiger partial charge >= 0.3 is 0 Å². The number of hydrogen-bond donors (Lipinski definition) is 1. The molecule has 2 aromatic rings. The molecule has 0 atom stereocenters. The molecular weight excluding hydrogens is 272 g/mol. The lowest BCUT2D eigenvalue weighted by molar-refractivity contribution is 0.315. The van der Waals surface area contributed by atoms with Gasteiger partial charge in [0.1, 0.15) is 5.75 Å². The number of anilines is 1. The fraction of sp³-hybridized carbons (Fsp3) is 0.188. The van der Waals surface area contributed by atoms with E-state index >= 15 is 0 Å². The van der Waals surface area contributed by atoms with E-state index in [0.717, 1.165) is 24.4 Å². The number of benzene rings is 2. The molecule has 0 unspecified atom stereocenters. The Kier molecular flexibility index (Phi) is 5.28. The molecule has 0 aliphatic carbocycles. The third kappa shape index (κ3) is 4.18. The third-order valence-corrected chi connectivity index (χ3v) is 3.07. The molecule has 102 valence electrons. The molecule has 0 saturated heterocycles. The summed E-state index contributed by atoms with van der Waals surface area (Å²) in [6, 6.07) is 17.0. The maximum atomic E-state index is 8.85. The summed E-state index contributed by atoms with van der Waals surface area (Å²) in [5.41, 5.74) is 1.38. The fourth-order valence-corrected chi connectivity index (χ4v) is 1.92. The van der Waals surface area contributed by atoms with Gasteiger partial charge in [0.15, 0.2) is 0 Å². The second kappa shape index (κ2) is 7.42.